The maximum Gasteiger partial charge on any atom is 0.276 e. The van der Waals surface area contributed by atoms with E-state index in [1.54, 1.807) is 19.9 Å². The highest BCUT2D eigenvalue weighted by Gasteiger charge is 2.20. The Labute approximate surface area is 105 Å². The van der Waals surface area contributed by atoms with Gasteiger partial charge in [-0.15, -0.1) is 0 Å². The first-order valence-corrected chi connectivity index (χ1v) is 5.35. The molecule has 1 rings (SSSR count). The molecule has 0 saturated heterocycles. The second-order valence-corrected chi connectivity index (χ2v) is 4.48. The summed E-state index contributed by atoms with van der Waals surface area (Å²) in [5.41, 5.74) is 5.83. The number of nitro groups is 1. The summed E-state index contributed by atoms with van der Waals surface area (Å²) in [6.07, 6.45) is 0. The van der Waals surface area contributed by atoms with Gasteiger partial charge >= 0.3 is 0 Å². The molecule has 0 fully saturated rings. The van der Waals surface area contributed by atoms with Crippen molar-refractivity contribution in [2.45, 2.75) is 26.3 Å². The summed E-state index contributed by atoms with van der Waals surface area (Å²) in [5, 5.41) is 19.6. The Balaban J connectivity index is 3.00. The molecule has 96 valence electrons. The second kappa shape index (κ2) is 5.02. The maximum absolute atomic E-state index is 10.8. The number of nitrogens with zero attached hydrogens (tertiary/aromatic N) is 2. The molecule has 0 spiro atoms. The minimum absolute atomic E-state index is 0.00807. The van der Waals surface area contributed by atoms with E-state index >= 15 is 0 Å². The summed E-state index contributed by atoms with van der Waals surface area (Å²) in [6, 6.07) is 4.93. The molecule has 1 aromatic carbocycles. The molecular formula is C12H15N3O3. The molecule has 6 heteroatoms. The quantitative estimate of drug-likeness (QED) is 0.647. The minimum Gasteiger partial charge on any atom is -0.490 e. The number of nitro benzene ring substituents is 1. The number of nitriles is 1. The Hall–Kier alpha value is -2.13. The molecule has 2 N–H and O–H groups in total. The molecule has 0 radical (unpaired) electrons. The fraction of sp³-hybridized carbons (Fsp3) is 0.417. The zero-order chi connectivity index (χ0) is 13.9. The predicted molar refractivity (Wildman–Crippen MR) is 66.3 cm³/mol. The van der Waals surface area contributed by atoms with Crippen LogP contribution in [0.5, 0.6) is 5.75 Å². The number of aryl methyl sites for hydroxylation is 2. The van der Waals surface area contributed by atoms with Gasteiger partial charge in [0, 0.05) is 5.56 Å². The Kier molecular flexibility index (Phi) is 3.89. The molecule has 0 saturated carbocycles. The van der Waals surface area contributed by atoms with Crippen molar-refractivity contribution in [3.63, 3.8) is 0 Å². The molecule has 1 atom stereocenters. The molecule has 1 unspecified atom stereocenters. The molecule has 0 aliphatic carbocycles. The zero-order valence-electron chi connectivity index (χ0n) is 10.6. The molecule has 0 amide bonds. The lowest BCUT2D eigenvalue weighted by molar-refractivity contribution is -0.385. The van der Waals surface area contributed by atoms with Crippen molar-refractivity contribution in [1.82, 2.24) is 0 Å². The van der Waals surface area contributed by atoms with Gasteiger partial charge in [0.2, 0.25) is 0 Å². The highest BCUT2D eigenvalue weighted by molar-refractivity contribution is 5.49. The second-order valence-electron chi connectivity index (χ2n) is 4.48. The van der Waals surface area contributed by atoms with Gasteiger partial charge in [-0.1, -0.05) is 0 Å². The summed E-state index contributed by atoms with van der Waals surface area (Å²) in [7, 11) is 0. The van der Waals surface area contributed by atoms with Crippen LogP contribution in [-0.4, -0.2) is 17.1 Å². The first kappa shape index (κ1) is 13.9. The van der Waals surface area contributed by atoms with E-state index in [0.29, 0.717) is 11.3 Å². The lowest BCUT2D eigenvalue weighted by Crippen LogP contribution is -2.40. The molecule has 18 heavy (non-hydrogen) atoms. The maximum atomic E-state index is 10.8. The number of ether oxygens (including phenoxy) is 1. The first-order valence-electron chi connectivity index (χ1n) is 5.35. The van der Waals surface area contributed by atoms with Gasteiger partial charge in [0.1, 0.15) is 17.9 Å². The standard InChI is InChI=1S/C12H15N3O3/c1-8-4-9(2)11(5-10(8)15(16)17)18-7-12(3,14)6-13/h4-5H,7,14H2,1-3H3. The van der Waals surface area contributed by atoms with Crippen LogP contribution in [-0.2, 0) is 0 Å². The third-order valence-corrected chi connectivity index (χ3v) is 2.47. The predicted octanol–water partition coefficient (Wildman–Crippen LogP) is 1.83. The molecule has 0 aliphatic rings. The van der Waals surface area contributed by atoms with E-state index in [-0.39, 0.29) is 12.3 Å². The van der Waals surface area contributed by atoms with Crippen LogP contribution in [0.25, 0.3) is 0 Å². The number of benzene rings is 1. The van der Waals surface area contributed by atoms with Crippen LogP contribution >= 0.6 is 0 Å². The summed E-state index contributed by atoms with van der Waals surface area (Å²) < 4.78 is 5.39. The van der Waals surface area contributed by atoms with Crippen LogP contribution in [0.2, 0.25) is 0 Å². The van der Waals surface area contributed by atoms with Crippen LogP contribution in [0.15, 0.2) is 12.1 Å². The van der Waals surface area contributed by atoms with Crippen LogP contribution < -0.4 is 10.5 Å². The van der Waals surface area contributed by atoms with Gasteiger partial charge in [-0.05, 0) is 32.4 Å². The van der Waals surface area contributed by atoms with Crippen molar-refractivity contribution in [3.05, 3.63) is 33.4 Å². The van der Waals surface area contributed by atoms with Crippen molar-refractivity contribution in [3.8, 4) is 11.8 Å². The highest BCUT2D eigenvalue weighted by Crippen LogP contribution is 2.28. The topological polar surface area (TPSA) is 102 Å². The van der Waals surface area contributed by atoms with E-state index in [1.807, 2.05) is 6.07 Å². The van der Waals surface area contributed by atoms with Gasteiger partial charge in [0.15, 0.2) is 0 Å². The van der Waals surface area contributed by atoms with Gasteiger partial charge in [0.25, 0.3) is 5.69 Å². The van der Waals surface area contributed by atoms with Crippen molar-refractivity contribution >= 4 is 5.69 Å². The first-order chi connectivity index (χ1) is 8.26. The van der Waals surface area contributed by atoms with Gasteiger partial charge in [-0.25, -0.2) is 0 Å². The van der Waals surface area contributed by atoms with E-state index < -0.39 is 10.5 Å². The fourth-order valence-electron chi connectivity index (χ4n) is 1.43. The molecule has 1 aromatic rings. The van der Waals surface area contributed by atoms with Gasteiger partial charge in [0.05, 0.1) is 17.1 Å². The normalized spacial score (nSPS) is 13.5. The molecule has 6 nitrogen and oxygen atoms in total. The molecule has 0 aliphatic heterocycles. The monoisotopic (exact) mass is 249 g/mol. The molecule has 0 bridgehead atoms. The Morgan fingerprint density at radius 1 is 1.50 bits per heavy atom. The van der Waals surface area contributed by atoms with E-state index in [1.165, 1.54) is 13.0 Å². The van der Waals surface area contributed by atoms with Crippen molar-refractivity contribution in [2.75, 3.05) is 6.61 Å². The van der Waals surface area contributed by atoms with Crippen molar-refractivity contribution in [1.29, 1.82) is 5.26 Å². The van der Waals surface area contributed by atoms with E-state index in [4.69, 9.17) is 15.7 Å². The highest BCUT2D eigenvalue weighted by atomic mass is 16.6. The van der Waals surface area contributed by atoms with Crippen molar-refractivity contribution < 1.29 is 9.66 Å². The summed E-state index contributed by atoms with van der Waals surface area (Å²) in [6.45, 7) is 4.96. The summed E-state index contributed by atoms with van der Waals surface area (Å²) in [5.74, 6) is 0.374. The van der Waals surface area contributed by atoms with Crippen LogP contribution in [0, 0.1) is 35.3 Å². The molecule has 0 aromatic heterocycles. The third kappa shape index (κ3) is 3.18. The zero-order valence-corrected chi connectivity index (χ0v) is 10.6. The average Bonchev–Trinajstić information content (AvgIpc) is 2.27. The summed E-state index contributed by atoms with van der Waals surface area (Å²) >= 11 is 0. The number of hydrogen-bond acceptors (Lipinski definition) is 5. The van der Waals surface area contributed by atoms with Crippen LogP contribution in [0.1, 0.15) is 18.1 Å². The SMILES string of the molecule is Cc1cc(C)c([N+](=O)[O-])cc1OCC(C)(N)C#N. The lowest BCUT2D eigenvalue weighted by Gasteiger charge is -2.17. The van der Waals surface area contributed by atoms with E-state index in [9.17, 15) is 10.1 Å². The van der Waals surface area contributed by atoms with Crippen LogP contribution in [0.3, 0.4) is 0 Å². The van der Waals surface area contributed by atoms with Gasteiger partial charge in [-0.3, -0.25) is 10.1 Å². The van der Waals surface area contributed by atoms with Crippen molar-refractivity contribution in [2.24, 2.45) is 5.73 Å². The lowest BCUT2D eigenvalue weighted by atomic mass is 10.1. The summed E-state index contributed by atoms with van der Waals surface area (Å²) in [4.78, 5) is 10.4. The van der Waals surface area contributed by atoms with Gasteiger partial charge < -0.3 is 10.5 Å². The molecular weight excluding hydrogens is 234 g/mol. The number of rotatable bonds is 4. The minimum atomic E-state index is -1.12. The fourth-order valence-corrected chi connectivity index (χ4v) is 1.43. The van der Waals surface area contributed by atoms with E-state index in [2.05, 4.69) is 0 Å². The Bertz CT molecular complexity index is 518. The average molecular weight is 249 g/mol. The number of nitrogens with two attached hydrogens (primary N) is 1. The Morgan fingerprint density at radius 3 is 2.61 bits per heavy atom. The third-order valence-electron chi connectivity index (χ3n) is 2.47. The number of hydrogen-bond donors (Lipinski definition) is 1. The van der Waals surface area contributed by atoms with Gasteiger partial charge in [-0.2, -0.15) is 5.26 Å². The van der Waals surface area contributed by atoms with E-state index in [0.717, 1.165) is 5.56 Å². The largest absolute Gasteiger partial charge is 0.490 e. The van der Waals surface area contributed by atoms with Crippen LogP contribution in [0.4, 0.5) is 5.69 Å². The Morgan fingerprint density at radius 2 is 2.11 bits per heavy atom. The molecule has 0 heterocycles. The smallest absolute Gasteiger partial charge is 0.276 e.